The maximum Gasteiger partial charge on any atom is 0.393 e. The molecule has 0 aliphatic rings. The Hall–Kier alpha value is -1.07. The van der Waals surface area contributed by atoms with Crippen LogP contribution in [0, 0.1) is 0 Å². The van der Waals surface area contributed by atoms with Crippen molar-refractivity contribution in [1.82, 2.24) is 15.2 Å². The van der Waals surface area contributed by atoms with E-state index in [1.807, 2.05) is 0 Å². The molecule has 0 fully saturated rings. The minimum absolute atomic E-state index is 0.361. The molecule has 0 atom stereocenters. The summed E-state index contributed by atoms with van der Waals surface area (Å²) in [4.78, 5) is 6.64. The molecular weight excluding hydrogens is 242 g/mol. The van der Waals surface area contributed by atoms with Crippen LogP contribution in [-0.2, 0) is 6.54 Å². The monoisotopic (exact) mass is 269 g/mol. The number of aromatic nitrogens is 1. The third-order valence-electron chi connectivity index (χ3n) is 2.99. The van der Waals surface area contributed by atoms with Crippen molar-refractivity contribution in [1.29, 1.82) is 0 Å². The largest absolute Gasteiger partial charge is 0.449 e. The van der Waals surface area contributed by atoms with Gasteiger partial charge in [0.25, 0.3) is 0 Å². The number of hydrogen-bond donors (Lipinski definition) is 1. The van der Waals surface area contributed by atoms with Gasteiger partial charge in [0.05, 0.1) is 5.69 Å². The first kappa shape index (κ1) is 16.0. The van der Waals surface area contributed by atoms with E-state index in [2.05, 4.69) is 49.8 Å². The van der Waals surface area contributed by atoms with E-state index >= 15 is 0 Å². The molecule has 0 saturated carbocycles. The van der Waals surface area contributed by atoms with Crippen molar-refractivity contribution in [2.24, 2.45) is 0 Å². The summed E-state index contributed by atoms with van der Waals surface area (Å²) < 4.78 is 10.8. The van der Waals surface area contributed by atoms with Crippen LogP contribution < -0.4 is 10.1 Å². The van der Waals surface area contributed by atoms with Gasteiger partial charge in [-0.05, 0) is 34.2 Å². The van der Waals surface area contributed by atoms with Gasteiger partial charge in [0.15, 0.2) is 0 Å². The molecule has 19 heavy (non-hydrogen) atoms. The van der Waals surface area contributed by atoms with Crippen LogP contribution in [0.15, 0.2) is 10.7 Å². The molecule has 110 valence electrons. The fourth-order valence-corrected chi connectivity index (χ4v) is 2.04. The fourth-order valence-electron chi connectivity index (χ4n) is 2.04. The van der Waals surface area contributed by atoms with Gasteiger partial charge in [-0.1, -0.05) is 6.92 Å². The standard InChI is InChI=1S/C14H27N3O2/c1-6-15-9-13-10-19-14(16-13)18-8-7-17(11(2)3)12(4)5/h10-12,15H,6-9H2,1-5H3. The first-order valence-corrected chi connectivity index (χ1v) is 7.08. The van der Waals surface area contributed by atoms with Crippen molar-refractivity contribution in [2.45, 2.75) is 53.2 Å². The summed E-state index contributed by atoms with van der Waals surface area (Å²) in [5.74, 6) is 0. The summed E-state index contributed by atoms with van der Waals surface area (Å²) >= 11 is 0. The van der Waals surface area contributed by atoms with Gasteiger partial charge in [-0.2, -0.15) is 4.98 Å². The molecule has 0 bridgehead atoms. The number of hydrogen-bond acceptors (Lipinski definition) is 5. The van der Waals surface area contributed by atoms with Crippen LogP contribution >= 0.6 is 0 Å². The van der Waals surface area contributed by atoms with E-state index in [4.69, 9.17) is 9.15 Å². The summed E-state index contributed by atoms with van der Waals surface area (Å²) in [6, 6.07) is 1.02. The highest BCUT2D eigenvalue weighted by Crippen LogP contribution is 2.11. The second-order valence-electron chi connectivity index (χ2n) is 5.16. The zero-order chi connectivity index (χ0) is 14.3. The first-order valence-electron chi connectivity index (χ1n) is 7.08. The SMILES string of the molecule is CCNCc1coc(OCCN(C(C)C)C(C)C)n1. The maximum atomic E-state index is 5.55. The predicted molar refractivity (Wildman–Crippen MR) is 76.4 cm³/mol. The summed E-state index contributed by atoms with van der Waals surface area (Å²) in [5.41, 5.74) is 0.876. The van der Waals surface area contributed by atoms with E-state index in [1.54, 1.807) is 6.26 Å². The topological polar surface area (TPSA) is 50.5 Å². The summed E-state index contributed by atoms with van der Waals surface area (Å²) in [5, 5.41) is 3.20. The van der Waals surface area contributed by atoms with Crippen LogP contribution in [0.1, 0.15) is 40.3 Å². The molecule has 1 rings (SSSR count). The van der Waals surface area contributed by atoms with Gasteiger partial charge in [-0.3, -0.25) is 4.90 Å². The molecule has 5 nitrogen and oxygen atoms in total. The van der Waals surface area contributed by atoms with Gasteiger partial charge in [-0.15, -0.1) is 0 Å². The lowest BCUT2D eigenvalue weighted by Crippen LogP contribution is -2.39. The van der Waals surface area contributed by atoms with E-state index in [0.717, 1.165) is 18.8 Å². The molecule has 0 amide bonds. The average Bonchev–Trinajstić information content (AvgIpc) is 2.79. The summed E-state index contributed by atoms with van der Waals surface area (Å²) in [6.07, 6.45) is 2.00. The highest BCUT2D eigenvalue weighted by Gasteiger charge is 2.13. The molecule has 1 aromatic rings. The number of oxazole rings is 1. The van der Waals surface area contributed by atoms with Gasteiger partial charge >= 0.3 is 6.08 Å². The van der Waals surface area contributed by atoms with Crippen molar-refractivity contribution in [2.75, 3.05) is 19.7 Å². The van der Waals surface area contributed by atoms with Crippen molar-refractivity contribution in [3.63, 3.8) is 0 Å². The Morgan fingerprint density at radius 1 is 1.32 bits per heavy atom. The smallest absolute Gasteiger partial charge is 0.393 e. The van der Waals surface area contributed by atoms with Gasteiger partial charge in [0.1, 0.15) is 12.9 Å². The lowest BCUT2D eigenvalue weighted by Gasteiger charge is -2.29. The van der Waals surface area contributed by atoms with Crippen LogP contribution in [0.4, 0.5) is 0 Å². The Morgan fingerprint density at radius 3 is 2.58 bits per heavy atom. The average molecular weight is 269 g/mol. The molecular formula is C14H27N3O2. The third-order valence-corrected chi connectivity index (χ3v) is 2.99. The lowest BCUT2D eigenvalue weighted by molar-refractivity contribution is 0.127. The van der Waals surface area contributed by atoms with Gasteiger partial charge < -0.3 is 14.5 Å². The van der Waals surface area contributed by atoms with Crippen molar-refractivity contribution in [3.05, 3.63) is 12.0 Å². The Kier molecular flexibility index (Phi) is 6.87. The minimum Gasteiger partial charge on any atom is -0.449 e. The molecule has 1 N–H and O–H groups in total. The normalized spacial score (nSPS) is 11.8. The number of ether oxygens (including phenoxy) is 1. The Balaban J connectivity index is 2.34. The summed E-state index contributed by atoms with van der Waals surface area (Å²) in [7, 11) is 0. The van der Waals surface area contributed by atoms with Gasteiger partial charge in [-0.25, -0.2) is 0 Å². The van der Waals surface area contributed by atoms with Crippen molar-refractivity contribution >= 4 is 0 Å². The second-order valence-corrected chi connectivity index (χ2v) is 5.16. The molecule has 0 aliphatic heterocycles. The van der Waals surface area contributed by atoms with Crippen molar-refractivity contribution in [3.8, 4) is 6.08 Å². The van der Waals surface area contributed by atoms with Crippen LogP contribution in [0.5, 0.6) is 6.08 Å². The number of nitrogens with one attached hydrogen (secondary N) is 1. The van der Waals surface area contributed by atoms with E-state index in [1.165, 1.54) is 0 Å². The zero-order valence-electron chi connectivity index (χ0n) is 12.8. The lowest BCUT2D eigenvalue weighted by atomic mass is 10.2. The molecule has 0 unspecified atom stereocenters. The van der Waals surface area contributed by atoms with E-state index in [9.17, 15) is 0 Å². The molecule has 0 saturated heterocycles. The summed E-state index contributed by atoms with van der Waals surface area (Å²) in [6.45, 7) is 13.9. The molecule has 0 radical (unpaired) electrons. The van der Waals surface area contributed by atoms with Crippen LogP contribution in [0.3, 0.4) is 0 Å². The highest BCUT2D eigenvalue weighted by atomic mass is 16.6. The van der Waals surface area contributed by atoms with Crippen LogP contribution in [0.25, 0.3) is 0 Å². The van der Waals surface area contributed by atoms with E-state index in [-0.39, 0.29) is 0 Å². The highest BCUT2D eigenvalue weighted by molar-refractivity contribution is 4.99. The third kappa shape index (κ3) is 5.61. The molecule has 0 aliphatic carbocycles. The van der Waals surface area contributed by atoms with E-state index in [0.29, 0.717) is 31.3 Å². The maximum absolute atomic E-state index is 5.55. The Labute approximate surface area is 116 Å². The fraction of sp³-hybridized carbons (Fsp3) is 0.786. The molecule has 0 spiro atoms. The van der Waals surface area contributed by atoms with Crippen molar-refractivity contribution < 1.29 is 9.15 Å². The molecule has 5 heteroatoms. The van der Waals surface area contributed by atoms with Gasteiger partial charge in [0.2, 0.25) is 0 Å². The zero-order valence-corrected chi connectivity index (χ0v) is 12.8. The molecule has 0 aromatic carbocycles. The minimum atomic E-state index is 0.361. The number of rotatable bonds is 9. The molecule has 1 heterocycles. The molecule has 1 aromatic heterocycles. The van der Waals surface area contributed by atoms with Gasteiger partial charge in [0, 0.05) is 25.2 Å². The quantitative estimate of drug-likeness (QED) is 0.745. The first-order chi connectivity index (χ1) is 9.04. The number of nitrogens with zero attached hydrogens (tertiary/aromatic N) is 2. The van der Waals surface area contributed by atoms with Crippen LogP contribution in [0.2, 0.25) is 0 Å². The predicted octanol–water partition coefficient (Wildman–Crippen LogP) is 2.28. The van der Waals surface area contributed by atoms with Crippen LogP contribution in [-0.4, -0.2) is 41.7 Å². The van der Waals surface area contributed by atoms with E-state index < -0.39 is 0 Å². The Bertz CT molecular complexity index is 342. The second kappa shape index (κ2) is 8.17. The Morgan fingerprint density at radius 2 is 2.00 bits per heavy atom.